The highest BCUT2D eigenvalue weighted by Gasteiger charge is 2.51. The van der Waals surface area contributed by atoms with Gasteiger partial charge in [0, 0.05) is 32.7 Å². The molecular weight excluding hydrogens is 208 g/mol. The maximum absolute atomic E-state index is 11.5. The fourth-order valence-corrected chi connectivity index (χ4v) is 2.94. The lowest BCUT2D eigenvalue weighted by Gasteiger charge is -2.40. The van der Waals surface area contributed by atoms with Crippen LogP contribution in [0.4, 0.5) is 0 Å². The van der Waals surface area contributed by atoms with Gasteiger partial charge in [-0.15, -0.1) is 0 Å². The number of hydrogen-bond acceptors (Lipinski definition) is 4. The van der Waals surface area contributed by atoms with Crippen molar-refractivity contribution in [3.63, 3.8) is 0 Å². The molecule has 0 spiro atoms. The second kappa shape index (κ2) is 4.69. The highest BCUT2D eigenvalue weighted by Crippen LogP contribution is 2.35. The van der Waals surface area contributed by atoms with Crippen LogP contribution in [0.25, 0.3) is 0 Å². The molecule has 2 heterocycles. The van der Waals surface area contributed by atoms with E-state index in [9.17, 15) is 9.90 Å². The number of piperidine rings is 1. The van der Waals surface area contributed by atoms with Gasteiger partial charge >= 0.3 is 5.97 Å². The van der Waals surface area contributed by atoms with E-state index in [-0.39, 0.29) is 5.92 Å². The molecule has 2 bridgehead atoms. The molecule has 2 saturated heterocycles. The van der Waals surface area contributed by atoms with Gasteiger partial charge in [0.15, 0.2) is 0 Å². The summed E-state index contributed by atoms with van der Waals surface area (Å²) in [6.07, 6.45) is 1.70. The van der Waals surface area contributed by atoms with Crippen LogP contribution in [0.15, 0.2) is 0 Å². The number of nitrogens with zero attached hydrogens (tertiary/aromatic N) is 1. The van der Waals surface area contributed by atoms with Crippen molar-refractivity contribution in [1.82, 2.24) is 10.2 Å². The molecule has 3 unspecified atom stereocenters. The first-order chi connectivity index (χ1) is 7.69. The molecule has 2 rings (SSSR count). The Morgan fingerprint density at radius 3 is 3.12 bits per heavy atom. The molecule has 5 heteroatoms. The molecule has 0 aromatic heterocycles. The van der Waals surface area contributed by atoms with Gasteiger partial charge in [-0.05, 0) is 19.4 Å². The zero-order chi connectivity index (χ0) is 11.6. The minimum Gasteiger partial charge on any atom is -0.480 e. The smallest absolute Gasteiger partial charge is 0.324 e. The lowest BCUT2D eigenvalue weighted by atomic mass is 9.78. The number of nitrogens with one attached hydrogen (secondary N) is 1. The van der Waals surface area contributed by atoms with E-state index < -0.39 is 11.5 Å². The molecule has 5 nitrogen and oxygen atoms in total. The normalized spacial score (nSPS) is 37.6. The van der Waals surface area contributed by atoms with Crippen molar-refractivity contribution < 1.29 is 14.6 Å². The molecule has 2 aliphatic heterocycles. The Morgan fingerprint density at radius 2 is 2.44 bits per heavy atom. The predicted molar refractivity (Wildman–Crippen MR) is 59.4 cm³/mol. The Balaban J connectivity index is 2.05. The number of fused-ring (bicyclic) bond motifs is 2. The van der Waals surface area contributed by atoms with Crippen molar-refractivity contribution in [3.8, 4) is 0 Å². The van der Waals surface area contributed by atoms with Crippen LogP contribution >= 0.6 is 0 Å². The summed E-state index contributed by atoms with van der Waals surface area (Å²) in [4.78, 5) is 13.9. The molecule has 0 radical (unpaired) electrons. The summed E-state index contributed by atoms with van der Waals surface area (Å²) in [5.74, 6) is -0.453. The predicted octanol–water partition coefficient (Wildman–Crippen LogP) is -0.229. The minimum absolute atomic E-state index is 0.246. The molecule has 3 atom stereocenters. The van der Waals surface area contributed by atoms with Crippen LogP contribution in [0, 0.1) is 5.92 Å². The zero-order valence-corrected chi connectivity index (χ0v) is 9.74. The topological polar surface area (TPSA) is 61.8 Å². The first-order valence-corrected chi connectivity index (χ1v) is 5.89. The molecule has 0 aromatic carbocycles. The molecule has 2 fully saturated rings. The Kier molecular flexibility index (Phi) is 3.47. The van der Waals surface area contributed by atoms with Gasteiger partial charge in [-0.3, -0.25) is 10.1 Å². The van der Waals surface area contributed by atoms with Gasteiger partial charge in [0.1, 0.15) is 5.54 Å². The number of carboxylic acids is 1. The van der Waals surface area contributed by atoms with Crippen LogP contribution in [0.1, 0.15) is 12.8 Å². The number of hydrogen-bond donors (Lipinski definition) is 2. The first kappa shape index (κ1) is 11.8. The summed E-state index contributed by atoms with van der Waals surface area (Å²) in [5.41, 5.74) is -0.717. The summed E-state index contributed by atoms with van der Waals surface area (Å²) < 4.78 is 4.97. The first-order valence-electron chi connectivity index (χ1n) is 5.89. The van der Waals surface area contributed by atoms with Crippen LogP contribution in [0.5, 0.6) is 0 Å². The Bertz CT molecular complexity index is 272. The number of carboxylic acid groups (broad SMARTS) is 1. The molecule has 16 heavy (non-hydrogen) atoms. The average molecular weight is 228 g/mol. The second-order valence-electron chi connectivity index (χ2n) is 4.73. The number of methoxy groups -OCH3 is 1. The largest absolute Gasteiger partial charge is 0.480 e. The van der Waals surface area contributed by atoms with E-state index >= 15 is 0 Å². The lowest BCUT2D eigenvalue weighted by molar-refractivity contribution is -0.149. The monoisotopic (exact) mass is 228 g/mol. The van der Waals surface area contributed by atoms with Gasteiger partial charge in [-0.2, -0.15) is 0 Å². The summed E-state index contributed by atoms with van der Waals surface area (Å²) >= 11 is 0. The van der Waals surface area contributed by atoms with Crippen molar-refractivity contribution >= 4 is 5.97 Å². The van der Waals surface area contributed by atoms with Crippen LogP contribution in [-0.4, -0.2) is 61.4 Å². The minimum atomic E-state index is -0.717. The molecule has 0 aromatic rings. The van der Waals surface area contributed by atoms with Gasteiger partial charge in [-0.25, -0.2) is 0 Å². The van der Waals surface area contributed by atoms with E-state index in [4.69, 9.17) is 4.74 Å². The summed E-state index contributed by atoms with van der Waals surface area (Å²) in [6.45, 7) is 4.03. The van der Waals surface area contributed by atoms with E-state index in [0.717, 1.165) is 26.1 Å². The van der Waals surface area contributed by atoms with Crippen LogP contribution in [-0.2, 0) is 9.53 Å². The highest BCUT2D eigenvalue weighted by molar-refractivity contribution is 5.79. The van der Waals surface area contributed by atoms with E-state index in [1.165, 1.54) is 0 Å². The number of ether oxygens (including phenoxy) is 1. The maximum Gasteiger partial charge on any atom is 0.324 e. The fraction of sp³-hybridized carbons (Fsp3) is 0.909. The highest BCUT2D eigenvalue weighted by atomic mass is 16.5. The van der Waals surface area contributed by atoms with Crippen molar-refractivity contribution in [3.05, 3.63) is 0 Å². The molecule has 0 amide bonds. The maximum atomic E-state index is 11.5. The fourth-order valence-electron chi connectivity index (χ4n) is 2.94. The average Bonchev–Trinajstić information content (AvgIpc) is 2.66. The second-order valence-corrected chi connectivity index (χ2v) is 4.73. The van der Waals surface area contributed by atoms with Gasteiger partial charge in [0.2, 0.25) is 0 Å². The van der Waals surface area contributed by atoms with Crippen LogP contribution < -0.4 is 5.32 Å². The third-order valence-electron chi connectivity index (χ3n) is 3.92. The third-order valence-corrected chi connectivity index (χ3v) is 3.92. The van der Waals surface area contributed by atoms with Gasteiger partial charge in [-0.1, -0.05) is 0 Å². The summed E-state index contributed by atoms with van der Waals surface area (Å²) in [6, 6.07) is 0. The van der Waals surface area contributed by atoms with E-state index in [2.05, 4.69) is 10.2 Å². The number of rotatable bonds is 5. The zero-order valence-electron chi connectivity index (χ0n) is 9.74. The SMILES string of the molecule is COCCNC1(C(=O)O)CCN2CCC1C2. The summed E-state index contributed by atoms with van der Waals surface area (Å²) in [5, 5.41) is 12.7. The molecule has 0 aliphatic carbocycles. The standard InChI is InChI=1S/C11H20N2O3/c1-16-7-4-12-11(10(14)15)3-6-13-5-2-9(11)8-13/h9,12H,2-8H2,1H3,(H,14,15). The van der Waals surface area contributed by atoms with Crippen molar-refractivity contribution in [2.45, 2.75) is 18.4 Å². The molecule has 92 valence electrons. The number of carbonyl (C=O) groups is 1. The van der Waals surface area contributed by atoms with Crippen molar-refractivity contribution in [2.75, 3.05) is 39.9 Å². The van der Waals surface area contributed by atoms with Crippen LogP contribution in [0.2, 0.25) is 0 Å². The van der Waals surface area contributed by atoms with Crippen LogP contribution in [0.3, 0.4) is 0 Å². The molecule has 2 aliphatic rings. The van der Waals surface area contributed by atoms with Crippen molar-refractivity contribution in [2.24, 2.45) is 5.92 Å². The van der Waals surface area contributed by atoms with Gasteiger partial charge < -0.3 is 14.7 Å². The van der Waals surface area contributed by atoms with E-state index in [1.54, 1.807) is 7.11 Å². The quantitative estimate of drug-likeness (QED) is 0.637. The van der Waals surface area contributed by atoms with E-state index in [0.29, 0.717) is 19.6 Å². The van der Waals surface area contributed by atoms with Gasteiger partial charge in [0.05, 0.1) is 6.61 Å². The Labute approximate surface area is 95.8 Å². The lowest BCUT2D eigenvalue weighted by Crippen LogP contribution is -2.61. The number of aliphatic carboxylic acids is 1. The van der Waals surface area contributed by atoms with Crippen molar-refractivity contribution in [1.29, 1.82) is 0 Å². The molecular formula is C11H20N2O3. The molecule has 0 saturated carbocycles. The summed E-state index contributed by atoms with van der Waals surface area (Å²) in [7, 11) is 1.63. The Hall–Kier alpha value is -0.650. The Morgan fingerprint density at radius 1 is 1.62 bits per heavy atom. The third kappa shape index (κ3) is 1.95. The van der Waals surface area contributed by atoms with Gasteiger partial charge in [0.25, 0.3) is 0 Å². The van der Waals surface area contributed by atoms with E-state index in [1.807, 2.05) is 0 Å². The molecule has 2 N–H and O–H groups in total.